The second-order valence-electron chi connectivity index (χ2n) is 7.58. The topological polar surface area (TPSA) is 61.6 Å². The molecule has 33 heavy (non-hydrogen) atoms. The summed E-state index contributed by atoms with van der Waals surface area (Å²) in [5.74, 6) is -0.288. The number of hydrogen-bond acceptors (Lipinski definition) is 4. The molecule has 168 valence electrons. The number of esters is 1. The third-order valence-corrected chi connectivity index (χ3v) is 5.46. The van der Waals surface area contributed by atoms with Crippen molar-refractivity contribution in [1.29, 1.82) is 0 Å². The van der Waals surface area contributed by atoms with Gasteiger partial charge in [0.15, 0.2) is 0 Å². The van der Waals surface area contributed by atoms with Crippen LogP contribution in [0.25, 0.3) is 5.57 Å². The predicted molar refractivity (Wildman–Crippen MR) is 125 cm³/mol. The molecule has 1 aliphatic rings. The Morgan fingerprint density at radius 2 is 1.73 bits per heavy atom. The smallest absolute Gasteiger partial charge is 0.345 e. The van der Waals surface area contributed by atoms with Gasteiger partial charge in [0.1, 0.15) is 24.2 Å². The third-order valence-electron chi connectivity index (χ3n) is 5.46. The molecule has 0 aromatic heterocycles. The molecule has 0 saturated carbocycles. The Morgan fingerprint density at radius 3 is 2.42 bits per heavy atom. The first-order chi connectivity index (χ1) is 16.0. The number of carbonyl (C=O) groups excluding carboxylic acids is 1. The minimum absolute atomic E-state index is 0.195. The van der Waals surface area contributed by atoms with Gasteiger partial charge >= 0.3 is 5.97 Å². The van der Waals surface area contributed by atoms with Crippen LogP contribution < -0.4 is 4.74 Å². The molecule has 5 nitrogen and oxygen atoms in total. The number of hydrogen-bond donors (Lipinski definition) is 0. The lowest BCUT2D eigenvalue weighted by molar-refractivity contribution is -0.421. The predicted octanol–water partition coefficient (Wildman–Crippen LogP) is 4.76. The highest BCUT2D eigenvalue weighted by Gasteiger charge is 2.39. The summed E-state index contributed by atoms with van der Waals surface area (Å²) in [6, 6.07) is 21.4. The summed E-state index contributed by atoms with van der Waals surface area (Å²) in [4.78, 5) is 12.9. The first-order valence-electron chi connectivity index (χ1n) is 10.8. The molecule has 3 aromatic rings. The number of halogens is 1. The standard InChI is InChI=1S/C27H24FNO4/c1-3-32-27(30)25-24(19-10-5-4-6-11-19)21-14-13-20(17-22(21)26(25)29(2)31)33-16-15-18-9-7-8-12-23(18)28/h4-14,17H,3,15-16H2,1-2H3/b29-26+. The van der Waals surface area contributed by atoms with E-state index in [4.69, 9.17) is 9.47 Å². The van der Waals surface area contributed by atoms with Gasteiger partial charge in [0.2, 0.25) is 5.71 Å². The van der Waals surface area contributed by atoms with E-state index in [1.54, 1.807) is 37.3 Å². The van der Waals surface area contributed by atoms with Crippen LogP contribution in [0, 0.1) is 11.0 Å². The van der Waals surface area contributed by atoms with E-state index in [1.165, 1.54) is 13.1 Å². The molecule has 0 saturated heterocycles. The van der Waals surface area contributed by atoms with Crippen molar-refractivity contribution in [2.75, 3.05) is 20.3 Å². The molecular weight excluding hydrogens is 421 g/mol. The maximum absolute atomic E-state index is 13.9. The van der Waals surface area contributed by atoms with E-state index in [0.717, 1.165) is 11.1 Å². The molecule has 0 heterocycles. The first kappa shape index (κ1) is 22.3. The van der Waals surface area contributed by atoms with E-state index in [1.807, 2.05) is 36.4 Å². The second kappa shape index (κ2) is 9.69. The quantitative estimate of drug-likeness (QED) is 0.228. The Kier molecular flexibility index (Phi) is 6.54. The van der Waals surface area contributed by atoms with Crippen molar-refractivity contribution in [2.45, 2.75) is 13.3 Å². The molecule has 0 aliphatic heterocycles. The first-order valence-corrected chi connectivity index (χ1v) is 10.8. The molecule has 0 atom stereocenters. The zero-order valence-corrected chi connectivity index (χ0v) is 18.5. The van der Waals surface area contributed by atoms with E-state index in [9.17, 15) is 14.4 Å². The van der Waals surface area contributed by atoms with Gasteiger partial charge in [-0.1, -0.05) is 48.5 Å². The van der Waals surface area contributed by atoms with Crippen LogP contribution in [0.2, 0.25) is 0 Å². The fraction of sp³-hybridized carbons (Fsp3) is 0.185. The van der Waals surface area contributed by atoms with Gasteiger partial charge in [-0.05, 0) is 47.9 Å². The van der Waals surface area contributed by atoms with Crippen LogP contribution in [0.3, 0.4) is 0 Å². The van der Waals surface area contributed by atoms with Gasteiger partial charge in [0.05, 0.1) is 18.8 Å². The van der Waals surface area contributed by atoms with Crippen LogP contribution >= 0.6 is 0 Å². The van der Waals surface area contributed by atoms with Crippen LogP contribution in [0.5, 0.6) is 5.75 Å². The van der Waals surface area contributed by atoms with Gasteiger partial charge in [0, 0.05) is 12.0 Å². The molecule has 3 aromatic carbocycles. The largest absolute Gasteiger partial charge is 0.624 e. The third kappa shape index (κ3) is 4.51. The lowest BCUT2D eigenvalue weighted by Crippen LogP contribution is -2.21. The van der Waals surface area contributed by atoms with Crippen molar-refractivity contribution in [3.05, 3.63) is 112 Å². The highest BCUT2D eigenvalue weighted by atomic mass is 19.1. The van der Waals surface area contributed by atoms with E-state index in [0.29, 0.717) is 33.6 Å². The summed E-state index contributed by atoms with van der Waals surface area (Å²) in [6.07, 6.45) is 0.406. The van der Waals surface area contributed by atoms with Gasteiger partial charge in [-0.15, -0.1) is 0 Å². The van der Waals surface area contributed by atoms with E-state index in [-0.39, 0.29) is 30.3 Å². The van der Waals surface area contributed by atoms with Crippen molar-refractivity contribution < 1.29 is 23.4 Å². The van der Waals surface area contributed by atoms with Gasteiger partial charge in [-0.25, -0.2) is 13.9 Å². The molecular formula is C27H24FNO4. The maximum atomic E-state index is 13.9. The summed E-state index contributed by atoms with van der Waals surface area (Å²) in [6.45, 7) is 2.19. The van der Waals surface area contributed by atoms with Gasteiger partial charge in [-0.3, -0.25) is 0 Å². The molecule has 0 spiro atoms. The molecule has 0 radical (unpaired) electrons. The minimum atomic E-state index is -0.549. The van der Waals surface area contributed by atoms with Crippen molar-refractivity contribution >= 4 is 17.3 Å². The van der Waals surface area contributed by atoms with Crippen LogP contribution in [0.1, 0.15) is 29.2 Å². The van der Waals surface area contributed by atoms with E-state index < -0.39 is 5.97 Å². The zero-order chi connectivity index (χ0) is 23.4. The van der Waals surface area contributed by atoms with Crippen molar-refractivity contribution in [3.8, 4) is 5.75 Å². The number of ether oxygens (including phenoxy) is 2. The van der Waals surface area contributed by atoms with Crippen LogP contribution in [-0.4, -0.2) is 36.7 Å². The Morgan fingerprint density at radius 1 is 1.00 bits per heavy atom. The molecule has 6 heteroatoms. The average molecular weight is 445 g/mol. The van der Waals surface area contributed by atoms with Crippen LogP contribution in [0.15, 0.2) is 78.4 Å². The highest BCUT2D eigenvalue weighted by molar-refractivity contribution is 6.35. The minimum Gasteiger partial charge on any atom is -0.624 e. The molecule has 4 rings (SSSR count). The summed E-state index contributed by atoms with van der Waals surface area (Å²) < 4.78 is 25.7. The average Bonchev–Trinajstić information content (AvgIpc) is 3.16. The van der Waals surface area contributed by atoms with Crippen LogP contribution in [-0.2, 0) is 16.0 Å². The fourth-order valence-corrected chi connectivity index (χ4v) is 4.03. The second-order valence-corrected chi connectivity index (χ2v) is 7.58. The van der Waals surface area contributed by atoms with Gasteiger partial charge < -0.3 is 14.7 Å². The highest BCUT2D eigenvalue weighted by Crippen LogP contribution is 2.40. The summed E-state index contributed by atoms with van der Waals surface area (Å²) in [7, 11) is 1.36. The fourth-order valence-electron chi connectivity index (χ4n) is 4.03. The Labute approximate surface area is 192 Å². The number of benzene rings is 3. The zero-order valence-electron chi connectivity index (χ0n) is 18.5. The molecule has 0 amide bonds. The summed E-state index contributed by atoms with van der Waals surface area (Å²) in [5.41, 5.74) is 3.86. The normalized spacial score (nSPS) is 14.2. The Hall–Kier alpha value is -3.93. The molecule has 0 fully saturated rings. The molecule has 0 unspecified atom stereocenters. The number of fused-ring (bicyclic) bond motifs is 1. The monoisotopic (exact) mass is 445 g/mol. The molecule has 0 N–H and O–H groups in total. The SMILES string of the molecule is CCOC(=O)C1=C(c2ccccc2)c2ccc(OCCc3ccccc3F)cc2/C1=[N+](/C)[O-]. The van der Waals surface area contributed by atoms with Crippen molar-refractivity contribution in [3.63, 3.8) is 0 Å². The summed E-state index contributed by atoms with van der Waals surface area (Å²) >= 11 is 0. The van der Waals surface area contributed by atoms with Crippen molar-refractivity contribution in [1.82, 2.24) is 0 Å². The van der Waals surface area contributed by atoms with E-state index >= 15 is 0 Å². The maximum Gasteiger partial charge on any atom is 0.345 e. The van der Waals surface area contributed by atoms with Crippen LogP contribution in [0.4, 0.5) is 4.39 Å². The molecule has 1 aliphatic carbocycles. The number of rotatable bonds is 7. The lowest BCUT2D eigenvalue weighted by Gasteiger charge is -2.10. The number of nitrogens with zero attached hydrogens (tertiary/aromatic N) is 1. The number of hydroxylamine groups is 1. The van der Waals surface area contributed by atoms with E-state index in [2.05, 4.69) is 0 Å². The van der Waals surface area contributed by atoms with Gasteiger partial charge in [-0.2, -0.15) is 0 Å². The number of carbonyl (C=O) groups is 1. The summed E-state index contributed by atoms with van der Waals surface area (Å²) in [5, 5.41) is 12.6. The Balaban J connectivity index is 1.71. The molecule has 0 bridgehead atoms. The Bertz CT molecular complexity index is 1240. The van der Waals surface area contributed by atoms with Gasteiger partial charge in [0.25, 0.3) is 0 Å². The lowest BCUT2D eigenvalue weighted by atomic mass is 9.97. The van der Waals surface area contributed by atoms with Crippen molar-refractivity contribution in [2.24, 2.45) is 0 Å².